The van der Waals surface area contributed by atoms with E-state index in [0.29, 0.717) is 17.7 Å². The number of amides is 1. The van der Waals surface area contributed by atoms with E-state index in [1.54, 1.807) is 0 Å². The van der Waals surface area contributed by atoms with Gasteiger partial charge in [-0.1, -0.05) is 24.3 Å². The summed E-state index contributed by atoms with van der Waals surface area (Å²) in [5.41, 5.74) is 10.3. The van der Waals surface area contributed by atoms with E-state index in [0.717, 1.165) is 31.0 Å². The molecule has 0 unspecified atom stereocenters. The highest BCUT2D eigenvalue weighted by atomic mass is 16.5. The summed E-state index contributed by atoms with van der Waals surface area (Å²) >= 11 is 0. The molecule has 114 valence electrons. The monoisotopic (exact) mass is 299 g/mol. The second-order valence-electron chi connectivity index (χ2n) is 6.06. The van der Waals surface area contributed by atoms with Crippen molar-refractivity contribution in [2.75, 3.05) is 32.8 Å². The Labute approximate surface area is 128 Å². The molecular formula is C16H19N4O2+. The smallest absolute Gasteiger partial charge is 0.273 e. The fraction of sp³-hybridized carbons (Fsp3) is 0.375. The Bertz CT molecular complexity index is 731. The molecule has 1 aromatic carbocycles. The standard InChI is InChI=1S/C16H18N4O2/c17-14(21)10-20(5-7-22-8-6-20)16-13-9-11-3-1-2-4-12(11)15(13)18-19-16/h1-4H,5-10H2,(H2-,17,18,19,21)/p+1. The summed E-state index contributed by atoms with van der Waals surface area (Å²) in [6.07, 6.45) is 0.858. The lowest BCUT2D eigenvalue weighted by Gasteiger charge is -2.38. The van der Waals surface area contributed by atoms with Crippen molar-refractivity contribution in [1.29, 1.82) is 0 Å². The van der Waals surface area contributed by atoms with E-state index in [-0.39, 0.29) is 12.5 Å². The van der Waals surface area contributed by atoms with Crippen LogP contribution in [-0.2, 0) is 16.0 Å². The molecular weight excluding hydrogens is 280 g/mol. The number of morpholine rings is 1. The molecule has 2 aromatic rings. The molecule has 6 heteroatoms. The number of aromatic amines is 1. The van der Waals surface area contributed by atoms with Crippen molar-refractivity contribution in [2.24, 2.45) is 5.73 Å². The molecule has 22 heavy (non-hydrogen) atoms. The van der Waals surface area contributed by atoms with Crippen LogP contribution in [0.15, 0.2) is 24.3 Å². The van der Waals surface area contributed by atoms with E-state index in [1.807, 2.05) is 6.07 Å². The SMILES string of the molecule is NC(=O)C[N+]1(c2n[nH]c3c2Cc2ccccc2-3)CCOCC1. The number of fused-ring (bicyclic) bond motifs is 3. The van der Waals surface area contributed by atoms with Gasteiger partial charge in [0.1, 0.15) is 13.1 Å². The van der Waals surface area contributed by atoms with Gasteiger partial charge in [0.15, 0.2) is 6.54 Å². The normalized spacial score (nSPS) is 18.7. The summed E-state index contributed by atoms with van der Waals surface area (Å²) in [5.74, 6) is 0.655. The molecule has 1 saturated heterocycles. The quantitative estimate of drug-likeness (QED) is 0.702. The van der Waals surface area contributed by atoms with Crippen molar-refractivity contribution in [3.05, 3.63) is 35.4 Å². The third kappa shape index (κ3) is 1.95. The summed E-state index contributed by atoms with van der Waals surface area (Å²) in [6.45, 7) is 2.99. The molecule has 1 fully saturated rings. The van der Waals surface area contributed by atoms with Crippen LogP contribution in [0.2, 0.25) is 0 Å². The maximum absolute atomic E-state index is 11.6. The highest BCUT2D eigenvalue weighted by Gasteiger charge is 2.41. The second kappa shape index (κ2) is 4.93. The maximum atomic E-state index is 11.6. The van der Waals surface area contributed by atoms with Crippen LogP contribution in [0.4, 0.5) is 5.82 Å². The number of hydrogen-bond donors (Lipinski definition) is 2. The second-order valence-corrected chi connectivity index (χ2v) is 6.06. The zero-order valence-electron chi connectivity index (χ0n) is 12.3. The van der Waals surface area contributed by atoms with Gasteiger partial charge in [0.2, 0.25) is 0 Å². The molecule has 1 amide bonds. The van der Waals surface area contributed by atoms with Crippen LogP contribution >= 0.6 is 0 Å². The summed E-state index contributed by atoms with van der Waals surface area (Å²) < 4.78 is 5.98. The van der Waals surface area contributed by atoms with Crippen molar-refractivity contribution >= 4 is 11.7 Å². The topological polar surface area (TPSA) is 81.0 Å². The number of carbonyl (C=O) groups excluding carboxylic acids is 1. The lowest BCUT2D eigenvalue weighted by Crippen LogP contribution is -2.60. The van der Waals surface area contributed by atoms with Gasteiger partial charge in [-0.2, -0.15) is 0 Å². The molecule has 0 atom stereocenters. The molecule has 1 aromatic heterocycles. The molecule has 0 spiro atoms. The summed E-state index contributed by atoms with van der Waals surface area (Å²) in [5, 5.41) is 7.75. The Morgan fingerprint density at radius 3 is 2.86 bits per heavy atom. The van der Waals surface area contributed by atoms with Gasteiger partial charge in [0.25, 0.3) is 11.7 Å². The summed E-state index contributed by atoms with van der Waals surface area (Å²) in [7, 11) is 0. The largest absolute Gasteiger partial charge is 0.370 e. The first kappa shape index (κ1) is 13.5. The molecule has 6 nitrogen and oxygen atoms in total. The fourth-order valence-electron chi connectivity index (χ4n) is 3.68. The van der Waals surface area contributed by atoms with Crippen LogP contribution in [0, 0.1) is 0 Å². The predicted molar refractivity (Wildman–Crippen MR) is 83.2 cm³/mol. The number of hydrogen-bond acceptors (Lipinski definition) is 3. The van der Waals surface area contributed by atoms with Crippen molar-refractivity contribution in [3.63, 3.8) is 0 Å². The van der Waals surface area contributed by atoms with Crippen LogP contribution in [0.3, 0.4) is 0 Å². The van der Waals surface area contributed by atoms with Gasteiger partial charge in [-0.3, -0.25) is 14.4 Å². The van der Waals surface area contributed by atoms with Crippen LogP contribution in [0.5, 0.6) is 0 Å². The minimum Gasteiger partial charge on any atom is -0.370 e. The van der Waals surface area contributed by atoms with Gasteiger partial charge in [-0.15, -0.1) is 5.10 Å². The van der Waals surface area contributed by atoms with E-state index < -0.39 is 0 Å². The number of rotatable bonds is 3. The minimum absolute atomic E-state index is 0.275. The number of ether oxygens (including phenoxy) is 1. The number of quaternary nitrogens is 1. The van der Waals surface area contributed by atoms with E-state index in [2.05, 4.69) is 28.4 Å². The predicted octanol–water partition coefficient (Wildman–Crippen LogP) is 0.804. The first-order valence-corrected chi connectivity index (χ1v) is 7.58. The lowest BCUT2D eigenvalue weighted by atomic mass is 10.1. The molecule has 0 radical (unpaired) electrons. The van der Waals surface area contributed by atoms with Crippen LogP contribution in [0.25, 0.3) is 11.3 Å². The number of nitrogens with two attached hydrogens (primary N) is 1. The van der Waals surface area contributed by atoms with Gasteiger partial charge in [0.05, 0.1) is 24.5 Å². The van der Waals surface area contributed by atoms with Crippen LogP contribution < -0.4 is 10.2 Å². The Kier molecular flexibility index (Phi) is 3.02. The number of benzene rings is 1. The number of carbonyl (C=O) groups is 1. The molecule has 1 aliphatic heterocycles. The van der Waals surface area contributed by atoms with Gasteiger partial charge in [-0.25, -0.2) is 0 Å². The number of H-pyrrole nitrogens is 1. The van der Waals surface area contributed by atoms with Gasteiger partial charge >= 0.3 is 0 Å². The van der Waals surface area contributed by atoms with E-state index in [9.17, 15) is 4.79 Å². The molecule has 0 saturated carbocycles. The van der Waals surface area contributed by atoms with Crippen molar-refractivity contribution in [2.45, 2.75) is 6.42 Å². The minimum atomic E-state index is -0.297. The van der Waals surface area contributed by atoms with Crippen molar-refractivity contribution < 1.29 is 9.53 Å². The third-order valence-electron chi connectivity index (χ3n) is 4.73. The Hall–Kier alpha value is -2.18. The molecule has 2 heterocycles. The fourth-order valence-corrected chi connectivity index (χ4v) is 3.68. The average Bonchev–Trinajstić information content (AvgIpc) is 3.06. The summed E-state index contributed by atoms with van der Waals surface area (Å²) in [4.78, 5) is 11.6. The van der Waals surface area contributed by atoms with Gasteiger partial charge in [0, 0.05) is 12.0 Å². The van der Waals surface area contributed by atoms with Crippen LogP contribution in [-0.4, -0.2) is 49.0 Å². The number of aromatic nitrogens is 2. The Balaban J connectivity index is 1.80. The lowest BCUT2D eigenvalue weighted by molar-refractivity contribution is -0.119. The molecule has 3 N–H and O–H groups in total. The number of primary amides is 1. The Morgan fingerprint density at radius 2 is 2.09 bits per heavy atom. The zero-order chi connectivity index (χ0) is 15.2. The first-order chi connectivity index (χ1) is 10.7. The maximum Gasteiger partial charge on any atom is 0.273 e. The number of nitrogens with zero attached hydrogens (tertiary/aromatic N) is 2. The molecule has 0 bridgehead atoms. The van der Waals surface area contributed by atoms with Crippen LogP contribution in [0.1, 0.15) is 11.1 Å². The van der Waals surface area contributed by atoms with Crippen molar-refractivity contribution in [3.8, 4) is 11.3 Å². The van der Waals surface area contributed by atoms with E-state index in [4.69, 9.17) is 10.5 Å². The van der Waals surface area contributed by atoms with Gasteiger partial charge < -0.3 is 10.5 Å². The van der Waals surface area contributed by atoms with E-state index >= 15 is 0 Å². The molecule has 1 aliphatic carbocycles. The zero-order valence-corrected chi connectivity index (χ0v) is 12.3. The molecule has 2 aliphatic rings. The highest BCUT2D eigenvalue weighted by Crippen LogP contribution is 2.41. The molecule has 4 rings (SSSR count). The average molecular weight is 299 g/mol. The first-order valence-electron chi connectivity index (χ1n) is 7.58. The Morgan fingerprint density at radius 1 is 1.32 bits per heavy atom. The van der Waals surface area contributed by atoms with Gasteiger partial charge in [-0.05, 0) is 5.56 Å². The third-order valence-corrected chi connectivity index (χ3v) is 4.73. The summed E-state index contributed by atoms with van der Waals surface area (Å²) in [6, 6.07) is 8.35. The van der Waals surface area contributed by atoms with E-state index in [1.165, 1.54) is 16.7 Å². The van der Waals surface area contributed by atoms with Crippen molar-refractivity contribution in [1.82, 2.24) is 14.7 Å². The highest BCUT2D eigenvalue weighted by molar-refractivity contribution is 5.81. The number of nitrogens with one attached hydrogen (secondary N) is 1.